The number of fused-ring (bicyclic) bond motifs is 1. The van der Waals surface area contributed by atoms with Gasteiger partial charge in [0.15, 0.2) is 0 Å². The summed E-state index contributed by atoms with van der Waals surface area (Å²) in [5.41, 5.74) is 1.69. The van der Waals surface area contributed by atoms with Crippen molar-refractivity contribution < 1.29 is 19.4 Å². The van der Waals surface area contributed by atoms with Crippen LogP contribution < -0.4 is 0 Å². The minimum atomic E-state index is -0.926. The first-order valence-electron chi connectivity index (χ1n) is 6.98. The molecule has 1 aromatic heterocycles. The number of ether oxygens (including phenoxy) is 2. The van der Waals surface area contributed by atoms with E-state index in [0.717, 1.165) is 19.4 Å². The molecule has 6 heteroatoms. The highest BCUT2D eigenvalue weighted by atomic mass is 16.5. The van der Waals surface area contributed by atoms with Crippen LogP contribution in [0.1, 0.15) is 23.2 Å². The minimum absolute atomic E-state index is 0.293. The molecule has 0 aliphatic heterocycles. The third-order valence-corrected chi connectivity index (χ3v) is 3.24. The lowest BCUT2D eigenvalue weighted by molar-refractivity contribution is 0.0683. The van der Waals surface area contributed by atoms with Crippen LogP contribution in [0.4, 0.5) is 0 Å². The second-order valence-electron chi connectivity index (χ2n) is 4.73. The molecule has 0 aliphatic rings. The van der Waals surface area contributed by atoms with Gasteiger partial charge in [-0.2, -0.15) is 0 Å². The van der Waals surface area contributed by atoms with E-state index >= 15 is 0 Å². The molecule has 0 aliphatic carbocycles. The van der Waals surface area contributed by atoms with Gasteiger partial charge in [0.2, 0.25) is 0 Å². The van der Waals surface area contributed by atoms with Crippen LogP contribution in [0.2, 0.25) is 0 Å². The van der Waals surface area contributed by atoms with Gasteiger partial charge < -0.3 is 19.1 Å². The number of carboxylic acid groups (broad SMARTS) is 1. The van der Waals surface area contributed by atoms with Crippen LogP contribution in [0.25, 0.3) is 11.0 Å². The lowest BCUT2D eigenvalue weighted by atomic mass is 10.2. The molecular weight excluding hydrogens is 272 g/mol. The van der Waals surface area contributed by atoms with Crippen molar-refractivity contribution in [2.75, 3.05) is 26.9 Å². The maximum Gasteiger partial charge on any atom is 0.337 e. The summed E-state index contributed by atoms with van der Waals surface area (Å²) in [7, 11) is 1.65. The first kappa shape index (κ1) is 15.5. The van der Waals surface area contributed by atoms with Crippen molar-refractivity contribution in [3.8, 4) is 0 Å². The third-order valence-electron chi connectivity index (χ3n) is 3.24. The quantitative estimate of drug-likeness (QED) is 0.717. The van der Waals surface area contributed by atoms with Crippen LogP contribution in [0.15, 0.2) is 24.5 Å². The van der Waals surface area contributed by atoms with Gasteiger partial charge in [0.1, 0.15) is 0 Å². The van der Waals surface area contributed by atoms with Crippen molar-refractivity contribution in [3.05, 3.63) is 30.1 Å². The van der Waals surface area contributed by atoms with Gasteiger partial charge in [-0.05, 0) is 25.0 Å². The van der Waals surface area contributed by atoms with Crippen molar-refractivity contribution in [2.24, 2.45) is 0 Å². The summed E-state index contributed by atoms with van der Waals surface area (Å²) in [5, 5.41) is 9.24. The number of methoxy groups -OCH3 is 1. The maximum absolute atomic E-state index is 11.3. The Morgan fingerprint density at radius 1 is 1.29 bits per heavy atom. The summed E-state index contributed by atoms with van der Waals surface area (Å²) in [6, 6.07) is 5.15. The van der Waals surface area contributed by atoms with Gasteiger partial charge in [0, 0.05) is 20.3 Å². The molecule has 1 heterocycles. The van der Waals surface area contributed by atoms with Crippen molar-refractivity contribution >= 4 is 17.0 Å². The fraction of sp³-hybridized carbons (Fsp3) is 0.467. The monoisotopic (exact) mass is 292 g/mol. The molecule has 1 N–H and O–H groups in total. The highest BCUT2D eigenvalue weighted by Crippen LogP contribution is 2.18. The second kappa shape index (κ2) is 7.75. The van der Waals surface area contributed by atoms with E-state index in [1.54, 1.807) is 25.6 Å². The molecule has 6 nitrogen and oxygen atoms in total. The topological polar surface area (TPSA) is 73.6 Å². The number of hydrogen-bond donors (Lipinski definition) is 1. The Bertz CT molecular complexity index is 594. The number of hydrogen-bond acceptors (Lipinski definition) is 4. The largest absolute Gasteiger partial charge is 0.478 e. The van der Waals surface area contributed by atoms with Gasteiger partial charge in [-0.15, -0.1) is 0 Å². The summed E-state index contributed by atoms with van der Waals surface area (Å²) in [4.78, 5) is 15.5. The van der Waals surface area contributed by atoms with Crippen molar-refractivity contribution in [2.45, 2.75) is 19.4 Å². The molecular formula is C15H20N2O4. The lowest BCUT2D eigenvalue weighted by Gasteiger charge is -2.07. The van der Waals surface area contributed by atoms with Crippen LogP contribution in [-0.4, -0.2) is 47.6 Å². The van der Waals surface area contributed by atoms with E-state index in [9.17, 15) is 9.90 Å². The Kier molecular flexibility index (Phi) is 5.71. The van der Waals surface area contributed by atoms with Crippen LogP contribution in [0, 0.1) is 0 Å². The van der Waals surface area contributed by atoms with Gasteiger partial charge in [0.05, 0.1) is 36.1 Å². The average molecular weight is 292 g/mol. The Labute approximate surface area is 123 Å². The average Bonchev–Trinajstić information content (AvgIpc) is 2.89. The van der Waals surface area contributed by atoms with E-state index in [-0.39, 0.29) is 0 Å². The van der Waals surface area contributed by atoms with E-state index in [0.29, 0.717) is 36.4 Å². The number of imidazole rings is 1. The zero-order valence-corrected chi connectivity index (χ0v) is 12.1. The molecule has 0 atom stereocenters. The molecule has 2 aromatic rings. The zero-order chi connectivity index (χ0) is 15.1. The highest BCUT2D eigenvalue weighted by molar-refractivity contribution is 6.01. The molecule has 0 bridgehead atoms. The molecule has 1 aromatic carbocycles. The Hall–Kier alpha value is -1.92. The minimum Gasteiger partial charge on any atom is -0.478 e. The van der Waals surface area contributed by atoms with Crippen LogP contribution >= 0.6 is 0 Å². The van der Waals surface area contributed by atoms with E-state index < -0.39 is 5.97 Å². The molecule has 0 saturated carbocycles. The molecule has 0 amide bonds. The van der Waals surface area contributed by atoms with E-state index in [1.807, 2.05) is 10.6 Å². The van der Waals surface area contributed by atoms with Crippen LogP contribution in [0.3, 0.4) is 0 Å². The fourth-order valence-electron chi connectivity index (χ4n) is 2.20. The number of unbranched alkanes of at least 4 members (excludes halogenated alkanes) is 1. The standard InChI is InChI=1S/C15H20N2O4/c1-20-9-10-21-8-3-2-7-17-11-16-13-6-4-5-12(14(13)17)15(18)19/h4-6,11H,2-3,7-10H2,1H3,(H,18,19). The Morgan fingerprint density at radius 3 is 2.90 bits per heavy atom. The van der Waals surface area contributed by atoms with Gasteiger partial charge in [-0.3, -0.25) is 0 Å². The van der Waals surface area contributed by atoms with E-state index in [4.69, 9.17) is 9.47 Å². The predicted octanol–water partition coefficient (Wildman–Crippen LogP) is 2.18. The van der Waals surface area contributed by atoms with E-state index in [1.165, 1.54) is 0 Å². The number of carboxylic acids is 1. The molecule has 21 heavy (non-hydrogen) atoms. The smallest absolute Gasteiger partial charge is 0.337 e. The normalized spacial score (nSPS) is 11.1. The number of rotatable bonds is 9. The second-order valence-corrected chi connectivity index (χ2v) is 4.73. The molecule has 2 rings (SSSR count). The number of para-hydroxylation sites is 1. The molecule has 0 spiro atoms. The van der Waals surface area contributed by atoms with Crippen LogP contribution in [-0.2, 0) is 16.0 Å². The molecule has 0 unspecified atom stereocenters. The van der Waals surface area contributed by atoms with E-state index in [2.05, 4.69) is 4.98 Å². The highest BCUT2D eigenvalue weighted by Gasteiger charge is 2.12. The maximum atomic E-state index is 11.3. The summed E-state index contributed by atoms with van der Waals surface area (Å²) < 4.78 is 12.2. The molecule has 0 saturated heterocycles. The predicted molar refractivity (Wildman–Crippen MR) is 78.6 cm³/mol. The summed E-state index contributed by atoms with van der Waals surface area (Å²) >= 11 is 0. The Morgan fingerprint density at radius 2 is 2.14 bits per heavy atom. The van der Waals surface area contributed by atoms with Crippen LogP contribution in [0.5, 0.6) is 0 Å². The van der Waals surface area contributed by atoms with Crippen molar-refractivity contribution in [3.63, 3.8) is 0 Å². The number of benzene rings is 1. The number of carbonyl (C=O) groups is 1. The first-order valence-corrected chi connectivity index (χ1v) is 6.98. The SMILES string of the molecule is COCCOCCCCn1cnc2cccc(C(=O)O)c21. The molecule has 0 radical (unpaired) electrons. The number of aryl methyl sites for hydroxylation is 1. The fourth-order valence-corrected chi connectivity index (χ4v) is 2.20. The van der Waals surface area contributed by atoms with Crippen molar-refractivity contribution in [1.29, 1.82) is 0 Å². The van der Waals surface area contributed by atoms with Gasteiger partial charge in [0.25, 0.3) is 0 Å². The summed E-state index contributed by atoms with van der Waals surface area (Å²) in [6.07, 6.45) is 3.52. The number of aromatic carboxylic acids is 1. The zero-order valence-electron chi connectivity index (χ0n) is 12.1. The van der Waals surface area contributed by atoms with Gasteiger partial charge in [-0.1, -0.05) is 6.07 Å². The molecule has 0 fully saturated rings. The number of aromatic nitrogens is 2. The Balaban J connectivity index is 1.92. The summed E-state index contributed by atoms with van der Waals surface area (Å²) in [6.45, 7) is 2.62. The molecule has 114 valence electrons. The van der Waals surface area contributed by atoms with Crippen molar-refractivity contribution in [1.82, 2.24) is 9.55 Å². The summed E-state index contributed by atoms with van der Waals surface area (Å²) in [5.74, 6) is -0.926. The first-order chi connectivity index (χ1) is 10.2. The lowest BCUT2D eigenvalue weighted by Crippen LogP contribution is -2.06. The third kappa shape index (κ3) is 4.03. The number of nitrogens with zero attached hydrogens (tertiary/aromatic N) is 2. The van der Waals surface area contributed by atoms with Gasteiger partial charge >= 0.3 is 5.97 Å². The van der Waals surface area contributed by atoms with Gasteiger partial charge in [-0.25, -0.2) is 9.78 Å².